The summed E-state index contributed by atoms with van der Waals surface area (Å²) in [5.74, 6) is 0. The zero-order valence-electron chi connectivity index (χ0n) is 10.3. The van der Waals surface area contributed by atoms with Gasteiger partial charge in [0.2, 0.25) is 0 Å². The lowest BCUT2D eigenvalue weighted by Gasteiger charge is -2.07. The minimum Gasteiger partial charge on any atom is -0.425 e. The van der Waals surface area contributed by atoms with Crippen molar-refractivity contribution in [3.05, 3.63) is 61.7 Å². The number of nitrogens with one attached hydrogen (secondary N) is 1. The van der Waals surface area contributed by atoms with Crippen molar-refractivity contribution in [2.45, 2.75) is 0 Å². The lowest BCUT2D eigenvalue weighted by atomic mass is 10.2. The summed E-state index contributed by atoms with van der Waals surface area (Å²) in [5, 5.41) is 20.8. The highest BCUT2D eigenvalue weighted by Gasteiger charge is 2.19. The van der Waals surface area contributed by atoms with Crippen LogP contribution in [0.4, 0.5) is 5.69 Å². The van der Waals surface area contributed by atoms with E-state index in [1.165, 1.54) is 29.4 Å². The minimum absolute atomic E-state index is 0.0299. The first-order valence-electron chi connectivity index (χ1n) is 5.64. The number of nitro benzene ring substituents is 1. The first-order valence-corrected chi connectivity index (χ1v) is 5.64. The van der Waals surface area contributed by atoms with Crippen molar-refractivity contribution < 1.29 is 10.1 Å². The van der Waals surface area contributed by atoms with Crippen LogP contribution in [0.5, 0.6) is 0 Å². The smallest absolute Gasteiger partial charge is 0.348 e. The Labute approximate surface area is 114 Å². The molecule has 2 heterocycles. The van der Waals surface area contributed by atoms with Crippen molar-refractivity contribution in [3.63, 3.8) is 0 Å². The number of aromatic amines is 1. The van der Waals surface area contributed by atoms with E-state index in [2.05, 4.69) is 9.97 Å². The molecule has 10 nitrogen and oxygen atoms in total. The molecule has 10 heteroatoms. The Morgan fingerprint density at radius 1 is 1.33 bits per heavy atom. The third kappa shape index (κ3) is 1.85. The van der Waals surface area contributed by atoms with Crippen LogP contribution in [-0.2, 0) is 0 Å². The molecule has 106 valence electrons. The second-order valence-corrected chi connectivity index (χ2v) is 4.16. The van der Waals surface area contributed by atoms with Crippen LogP contribution in [-0.4, -0.2) is 29.4 Å². The molecule has 0 saturated carbocycles. The predicted octanol–water partition coefficient (Wildman–Crippen LogP) is 0.0210. The predicted molar refractivity (Wildman–Crippen MR) is 69.8 cm³/mol. The molecule has 0 aliphatic rings. The maximum Gasteiger partial charge on any atom is 0.348 e. The Kier molecular flexibility index (Phi) is 2.58. The number of rotatable bonds is 2. The highest BCUT2D eigenvalue weighted by Crippen LogP contribution is 2.26. The number of nitro groups is 1. The van der Waals surface area contributed by atoms with E-state index in [1.807, 2.05) is 0 Å². The Bertz CT molecular complexity index is 969. The van der Waals surface area contributed by atoms with Crippen molar-refractivity contribution in [2.24, 2.45) is 0 Å². The number of imidazole rings is 1. The molecule has 0 unspecified atom stereocenters. The normalized spacial score (nSPS) is 10.9. The van der Waals surface area contributed by atoms with E-state index in [1.54, 1.807) is 0 Å². The van der Waals surface area contributed by atoms with Crippen molar-refractivity contribution in [3.8, 4) is 5.69 Å². The van der Waals surface area contributed by atoms with Gasteiger partial charge in [-0.25, -0.2) is 4.98 Å². The van der Waals surface area contributed by atoms with Crippen LogP contribution in [0.1, 0.15) is 0 Å². The number of hydrogen-bond acceptors (Lipinski definition) is 6. The fourth-order valence-corrected chi connectivity index (χ4v) is 1.98. The monoisotopic (exact) mass is 289 g/mol. The van der Waals surface area contributed by atoms with Crippen molar-refractivity contribution >= 4 is 16.7 Å². The Morgan fingerprint density at radius 3 is 2.71 bits per heavy atom. The van der Waals surface area contributed by atoms with Gasteiger partial charge in [-0.05, 0) is 6.07 Å². The van der Waals surface area contributed by atoms with Gasteiger partial charge >= 0.3 is 11.1 Å². The average molecular weight is 289 g/mol. The first-order chi connectivity index (χ1) is 9.99. The van der Waals surface area contributed by atoms with Gasteiger partial charge in [-0.3, -0.25) is 19.7 Å². The zero-order valence-corrected chi connectivity index (χ0v) is 10.3. The van der Waals surface area contributed by atoms with Gasteiger partial charge in [0.15, 0.2) is 0 Å². The summed E-state index contributed by atoms with van der Waals surface area (Å²) < 4.78 is 1.51. The highest BCUT2D eigenvalue weighted by molar-refractivity contribution is 5.81. The van der Waals surface area contributed by atoms with E-state index < -0.39 is 16.0 Å². The van der Waals surface area contributed by atoms with E-state index in [9.17, 15) is 24.9 Å². The summed E-state index contributed by atoms with van der Waals surface area (Å²) >= 11 is 0. The number of aromatic nitrogens is 4. The third-order valence-corrected chi connectivity index (χ3v) is 2.94. The molecule has 0 aliphatic carbocycles. The van der Waals surface area contributed by atoms with E-state index in [0.717, 1.165) is 6.07 Å². The van der Waals surface area contributed by atoms with E-state index in [4.69, 9.17) is 0 Å². The molecule has 0 atom stereocenters. The SMILES string of the molecule is O=c1[nH]c2cc([N+](=O)[O-])c(-n3ccnc3)cc2n(O)c1=O. The van der Waals surface area contributed by atoms with Crippen molar-refractivity contribution in [1.82, 2.24) is 19.3 Å². The number of hydrogen-bond donors (Lipinski definition) is 2. The Morgan fingerprint density at radius 2 is 2.10 bits per heavy atom. The summed E-state index contributed by atoms with van der Waals surface area (Å²) in [5.41, 5.74) is -2.55. The molecule has 2 N–H and O–H groups in total. The maximum atomic E-state index is 11.4. The van der Waals surface area contributed by atoms with Crippen LogP contribution in [0, 0.1) is 10.1 Å². The summed E-state index contributed by atoms with van der Waals surface area (Å²) in [6.07, 6.45) is 4.23. The summed E-state index contributed by atoms with van der Waals surface area (Å²) in [6.45, 7) is 0. The molecule has 1 aromatic carbocycles. The number of fused-ring (bicyclic) bond motifs is 1. The second-order valence-electron chi connectivity index (χ2n) is 4.16. The third-order valence-electron chi connectivity index (χ3n) is 2.94. The fourth-order valence-electron chi connectivity index (χ4n) is 1.98. The summed E-state index contributed by atoms with van der Waals surface area (Å²) in [6, 6.07) is 2.28. The van der Waals surface area contributed by atoms with E-state index in [-0.39, 0.29) is 27.1 Å². The van der Waals surface area contributed by atoms with Crippen LogP contribution in [0.2, 0.25) is 0 Å². The Balaban J connectivity index is 2.47. The molecule has 2 aromatic heterocycles. The number of benzene rings is 1. The summed E-state index contributed by atoms with van der Waals surface area (Å²) in [7, 11) is 0. The molecule has 3 rings (SSSR count). The number of nitrogens with zero attached hydrogens (tertiary/aromatic N) is 4. The largest absolute Gasteiger partial charge is 0.425 e. The fraction of sp³-hybridized carbons (Fsp3) is 0. The molecule has 0 amide bonds. The van der Waals surface area contributed by atoms with Gasteiger partial charge in [-0.1, -0.05) is 0 Å². The standard InChI is InChI=1S/C11H7N5O5/c17-10-11(18)15(19)7-4-8(14-2-1-12-5-14)9(16(20)21)3-6(7)13-10/h1-5,19H,(H,13,17). The van der Waals surface area contributed by atoms with Crippen LogP contribution < -0.4 is 11.1 Å². The van der Waals surface area contributed by atoms with Gasteiger partial charge in [0, 0.05) is 18.5 Å². The lowest BCUT2D eigenvalue weighted by molar-refractivity contribution is -0.384. The van der Waals surface area contributed by atoms with Gasteiger partial charge in [0.1, 0.15) is 11.2 Å². The molecule has 0 aliphatic heterocycles. The van der Waals surface area contributed by atoms with Crippen LogP contribution >= 0.6 is 0 Å². The highest BCUT2D eigenvalue weighted by atomic mass is 16.6. The quantitative estimate of drug-likeness (QED) is 0.295. The summed E-state index contributed by atoms with van der Waals surface area (Å²) in [4.78, 5) is 39.2. The van der Waals surface area contributed by atoms with Crippen LogP contribution in [0.25, 0.3) is 16.7 Å². The molecule has 0 fully saturated rings. The van der Waals surface area contributed by atoms with Gasteiger partial charge in [-0.15, -0.1) is 4.73 Å². The van der Waals surface area contributed by atoms with Crippen LogP contribution in [0.3, 0.4) is 0 Å². The second kappa shape index (κ2) is 4.30. The Hall–Kier alpha value is -3.43. The molecule has 3 aromatic rings. The van der Waals surface area contributed by atoms with Gasteiger partial charge in [0.05, 0.1) is 16.8 Å². The average Bonchev–Trinajstić information content (AvgIpc) is 2.98. The molecule has 0 radical (unpaired) electrons. The molecular weight excluding hydrogens is 282 g/mol. The zero-order chi connectivity index (χ0) is 15.1. The van der Waals surface area contributed by atoms with Gasteiger partial charge in [0.25, 0.3) is 5.69 Å². The molecule has 0 spiro atoms. The topological polar surface area (TPSA) is 136 Å². The molecule has 21 heavy (non-hydrogen) atoms. The van der Waals surface area contributed by atoms with Crippen molar-refractivity contribution in [2.75, 3.05) is 0 Å². The molecular formula is C11H7N5O5. The first kappa shape index (κ1) is 12.6. The number of H-pyrrole nitrogens is 1. The van der Waals surface area contributed by atoms with Crippen molar-refractivity contribution in [1.29, 1.82) is 0 Å². The van der Waals surface area contributed by atoms with Crippen LogP contribution in [0.15, 0.2) is 40.4 Å². The van der Waals surface area contributed by atoms with Gasteiger partial charge in [-0.2, -0.15) is 0 Å². The maximum absolute atomic E-state index is 11.4. The lowest BCUT2D eigenvalue weighted by Crippen LogP contribution is -2.35. The molecule has 0 saturated heterocycles. The van der Waals surface area contributed by atoms with E-state index >= 15 is 0 Å². The minimum atomic E-state index is -1.17. The van der Waals surface area contributed by atoms with E-state index in [0.29, 0.717) is 0 Å². The van der Waals surface area contributed by atoms with Gasteiger partial charge < -0.3 is 14.8 Å². The molecule has 0 bridgehead atoms.